The van der Waals surface area contributed by atoms with Crippen molar-refractivity contribution in [2.75, 3.05) is 13.7 Å². The summed E-state index contributed by atoms with van der Waals surface area (Å²) in [6, 6.07) is 9.48. The van der Waals surface area contributed by atoms with Gasteiger partial charge in [0.25, 0.3) is 5.91 Å². The third-order valence-corrected chi connectivity index (χ3v) is 5.18. The molecule has 0 saturated carbocycles. The van der Waals surface area contributed by atoms with E-state index in [-0.39, 0.29) is 22.4 Å². The molecule has 1 aliphatic heterocycles. The summed E-state index contributed by atoms with van der Waals surface area (Å²) in [6.45, 7) is 0.572. The van der Waals surface area contributed by atoms with Crippen LogP contribution in [-0.2, 0) is 10.0 Å². The highest BCUT2D eigenvalue weighted by Crippen LogP contribution is 2.34. The van der Waals surface area contributed by atoms with Crippen molar-refractivity contribution in [2.24, 2.45) is 5.14 Å². The highest BCUT2D eigenvalue weighted by molar-refractivity contribution is 7.89. The first-order valence-electron chi connectivity index (χ1n) is 7.84. The Bertz CT molecular complexity index is 884. The Hall–Kier alpha value is -2.45. The van der Waals surface area contributed by atoms with Gasteiger partial charge in [0.1, 0.15) is 5.75 Å². The lowest BCUT2D eigenvalue weighted by Gasteiger charge is -2.25. The molecule has 8 heteroatoms. The second-order valence-electron chi connectivity index (χ2n) is 5.82. The van der Waals surface area contributed by atoms with E-state index in [4.69, 9.17) is 9.88 Å². The van der Waals surface area contributed by atoms with E-state index in [0.29, 0.717) is 12.3 Å². The van der Waals surface area contributed by atoms with Crippen LogP contribution >= 0.6 is 0 Å². The quantitative estimate of drug-likeness (QED) is 0.893. The summed E-state index contributed by atoms with van der Waals surface area (Å²) < 4.78 is 28.5. The molecule has 1 atom stereocenters. The molecule has 25 heavy (non-hydrogen) atoms. The number of rotatable bonds is 4. The van der Waals surface area contributed by atoms with Gasteiger partial charge >= 0.3 is 0 Å². The van der Waals surface area contributed by atoms with Gasteiger partial charge < -0.3 is 9.64 Å². The molecule has 1 aromatic carbocycles. The van der Waals surface area contributed by atoms with Gasteiger partial charge in [0.2, 0.25) is 10.0 Å². The Kier molecular flexibility index (Phi) is 4.73. The number of carbonyl (C=O) groups excluding carboxylic acids is 1. The molecule has 1 amide bonds. The Morgan fingerprint density at radius 3 is 2.76 bits per heavy atom. The third kappa shape index (κ3) is 3.49. The van der Waals surface area contributed by atoms with Crippen LogP contribution in [-0.4, -0.2) is 37.9 Å². The summed E-state index contributed by atoms with van der Waals surface area (Å²) >= 11 is 0. The zero-order chi connectivity index (χ0) is 18.0. The second kappa shape index (κ2) is 6.81. The molecule has 0 unspecified atom stereocenters. The number of aromatic nitrogens is 1. The van der Waals surface area contributed by atoms with Crippen LogP contribution in [0.25, 0.3) is 0 Å². The molecule has 2 N–H and O–H groups in total. The summed E-state index contributed by atoms with van der Waals surface area (Å²) in [4.78, 5) is 19.0. The number of amides is 1. The number of nitrogens with two attached hydrogens (primary N) is 1. The fraction of sp³-hybridized carbons (Fsp3) is 0.294. The van der Waals surface area contributed by atoms with Crippen LogP contribution in [0.4, 0.5) is 0 Å². The van der Waals surface area contributed by atoms with Gasteiger partial charge in [0, 0.05) is 12.7 Å². The number of sulfonamides is 1. The predicted octanol–water partition coefficient (Wildman–Crippen LogP) is 1.71. The van der Waals surface area contributed by atoms with E-state index >= 15 is 0 Å². The summed E-state index contributed by atoms with van der Waals surface area (Å²) in [5.74, 6) is 0.0135. The van der Waals surface area contributed by atoms with Crippen LogP contribution < -0.4 is 9.88 Å². The third-order valence-electron chi connectivity index (χ3n) is 4.27. The Morgan fingerprint density at radius 1 is 1.32 bits per heavy atom. The van der Waals surface area contributed by atoms with E-state index in [2.05, 4.69) is 4.98 Å². The van der Waals surface area contributed by atoms with Gasteiger partial charge in [-0.3, -0.25) is 9.78 Å². The minimum atomic E-state index is -3.91. The van der Waals surface area contributed by atoms with Crippen LogP contribution in [0.2, 0.25) is 0 Å². The summed E-state index contributed by atoms with van der Waals surface area (Å²) in [6.07, 6.45) is 3.35. The van der Waals surface area contributed by atoms with E-state index in [1.165, 1.54) is 25.3 Å². The van der Waals surface area contributed by atoms with Crippen molar-refractivity contribution in [3.05, 3.63) is 53.9 Å². The van der Waals surface area contributed by atoms with E-state index in [1.54, 1.807) is 11.1 Å². The lowest BCUT2D eigenvalue weighted by molar-refractivity contribution is 0.0729. The van der Waals surface area contributed by atoms with Gasteiger partial charge in [-0.05, 0) is 43.2 Å². The van der Waals surface area contributed by atoms with Crippen molar-refractivity contribution < 1.29 is 17.9 Å². The van der Waals surface area contributed by atoms with Gasteiger partial charge in [-0.2, -0.15) is 0 Å². The van der Waals surface area contributed by atoms with Gasteiger partial charge in [-0.1, -0.05) is 6.07 Å². The van der Waals surface area contributed by atoms with Gasteiger partial charge in [0.15, 0.2) is 0 Å². The second-order valence-corrected chi connectivity index (χ2v) is 7.38. The number of carbonyl (C=O) groups is 1. The van der Waals surface area contributed by atoms with Crippen LogP contribution in [0.1, 0.15) is 34.9 Å². The minimum Gasteiger partial charge on any atom is -0.496 e. The lowest BCUT2D eigenvalue weighted by Crippen LogP contribution is -2.31. The molecule has 132 valence electrons. The molecule has 2 aromatic rings. The Labute approximate surface area is 146 Å². The first-order chi connectivity index (χ1) is 11.9. The maximum absolute atomic E-state index is 13.1. The molecule has 1 fully saturated rings. The number of benzene rings is 1. The predicted molar refractivity (Wildman–Crippen MR) is 91.6 cm³/mol. The molecular formula is C17H19N3O4S. The average molecular weight is 361 g/mol. The summed E-state index contributed by atoms with van der Waals surface area (Å²) in [7, 11) is -2.48. The zero-order valence-electron chi connectivity index (χ0n) is 13.8. The number of hydrogen-bond acceptors (Lipinski definition) is 5. The van der Waals surface area contributed by atoms with Crippen molar-refractivity contribution in [3.8, 4) is 5.75 Å². The summed E-state index contributed by atoms with van der Waals surface area (Å²) in [5.41, 5.74) is 0.992. The zero-order valence-corrected chi connectivity index (χ0v) is 14.6. The molecule has 1 aliphatic rings. The first-order valence-corrected chi connectivity index (χ1v) is 9.39. The standard InChI is InChI=1S/C17H19N3O4S/c1-24-16-8-7-12(25(18,22)23)11-13(16)17(21)20-10-4-6-15(20)14-5-2-3-9-19-14/h2-3,5,7-9,11,15H,4,6,10H2,1H3,(H2,18,22,23)/t15-/m0/s1. The smallest absolute Gasteiger partial charge is 0.258 e. The van der Waals surface area contributed by atoms with Gasteiger partial charge in [-0.15, -0.1) is 0 Å². The number of methoxy groups -OCH3 is 1. The molecule has 2 heterocycles. The van der Waals surface area contributed by atoms with Crippen molar-refractivity contribution in [1.82, 2.24) is 9.88 Å². The largest absolute Gasteiger partial charge is 0.496 e. The van der Waals surface area contributed by atoms with Crippen molar-refractivity contribution in [1.29, 1.82) is 0 Å². The average Bonchev–Trinajstić information content (AvgIpc) is 3.10. The van der Waals surface area contributed by atoms with E-state index in [9.17, 15) is 13.2 Å². The number of pyridine rings is 1. The number of primary sulfonamides is 1. The maximum Gasteiger partial charge on any atom is 0.258 e. The van der Waals surface area contributed by atoms with Crippen LogP contribution in [0.5, 0.6) is 5.75 Å². The normalized spacial score (nSPS) is 17.5. The lowest BCUT2D eigenvalue weighted by atomic mass is 10.1. The summed E-state index contributed by atoms with van der Waals surface area (Å²) in [5, 5.41) is 5.19. The van der Waals surface area contributed by atoms with E-state index in [0.717, 1.165) is 18.5 Å². The first kappa shape index (κ1) is 17.4. The molecule has 0 spiro atoms. The molecule has 1 aromatic heterocycles. The fourth-order valence-electron chi connectivity index (χ4n) is 3.08. The topological polar surface area (TPSA) is 103 Å². The highest BCUT2D eigenvalue weighted by Gasteiger charge is 2.33. The number of hydrogen-bond donors (Lipinski definition) is 1. The molecule has 0 aliphatic carbocycles. The van der Waals surface area contributed by atoms with Crippen LogP contribution in [0, 0.1) is 0 Å². The van der Waals surface area contributed by atoms with Gasteiger partial charge in [0.05, 0.1) is 29.3 Å². The highest BCUT2D eigenvalue weighted by atomic mass is 32.2. The SMILES string of the molecule is COc1ccc(S(N)(=O)=O)cc1C(=O)N1CCC[C@H]1c1ccccn1. The van der Waals surface area contributed by atoms with Crippen molar-refractivity contribution in [3.63, 3.8) is 0 Å². The van der Waals surface area contributed by atoms with Crippen molar-refractivity contribution in [2.45, 2.75) is 23.8 Å². The number of likely N-dealkylation sites (tertiary alicyclic amines) is 1. The van der Waals surface area contributed by atoms with Crippen LogP contribution in [0.15, 0.2) is 47.5 Å². The molecule has 7 nitrogen and oxygen atoms in total. The molecule has 3 rings (SSSR count). The molecule has 0 radical (unpaired) electrons. The van der Waals surface area contributed by atoms with E-state index < -0.39 is 10.0 Å². The Morgan fingerprint density at radius 2 is 2.12 bits per heavy atom. The Balaban J connectivity index is 1.99. The number of ether oxygens (including phenoxy) is 1. The molecule has 0 bridgehead atoms. The molecular weight excluding hydrogens is 342 g/mol. The molecule has 1 saturated heterocycles. The van der Waals surface area contributed by atoms with Crippen LogP contribution in [0.3, 0.4) is 0 Å². The minimum absolute atomic E-state index is 0.120. The van der Waals surface area contributed by atoms with E-state index in [1.807, 2.05) is 18.2 Å². The van der Waals surface area contributed by atoms with Gasteiger partial charge in [-0.25, -0.2) is 13.6 Å². The fourth-order valence-corrected chi connectivity index (χ4v) is 3.62. The maximum atomic E-state index is 13.1. The monoisotopic (exact) mass is 361 g/mol. The number of nitrogens with zero attached hydrogens (tertiary/aromatic N) is 2. The van der Waals surface area contributed by atoms with Crippen molar-refractivity contribution >= 4 is 15.9 Å².